The Bertz CT molecular complexity index is 581. The smallest absolute Gasteiger partial charge is 0.146 e. The van der Waals surface area contributed by atoms with E-state index < -0.39 is 0 Å². The third kappa shape index (κ3) is 4.56. The highest BCUT2D eigenvalue weighted by molar-refractivity contribution is 5.34. The number of aromatic nitrogens is 2. The largest absolute Gasteiger partial charge is 0.485 e. The number of halogens is 1. The summed E-state index contributed by atoms with van der Waals surface area (Å²) in [5, 5.41) is 3.31. The van der Waals surface area contributed by atoms with E-state index in [4.69, 9.17) is 4.74 Å². The summed E-state index contributed by atoms with van der Waals surface area (Å²) >= 11 is 0. The number of nitrogens with one attached hydrogen (secondary N) is 1. The maximum absolute atomic E-state index is 13.4. The van der Waals surface area contributed by atoms with Gasteiger partial charge in [0, 0.05) is 31.5 Å². The summed E-state index contributed by atoms with van der Waals surface area (Å²) in [4.78, 5) is 4.21. The number of hydrogen-bond donors (Lipinski definition) is 1. The van der Waals surface area contributed by atoms with E-state index in [0.717, 1.165) is 17.9 Å². The van der Waals surface area contributed by atoms with E-state index in [1.807, 2.05) is 17.8 Å². The average Bonchev–Trinajstić information content (AvgIpc) is 2.83. The highest BCUT2D eigenvalue weighted by Gasteiger charge is 2.08. The number of hydrogen-bond acceptors (Lipinski definition) is 3. The zero-order valence-electron chi connectivity index (χ0n) is 12.8. The molecule has 1 aromatic carbocycles. The van der Waals surface area contributed by atoms with Crippen molar-refractivity contribution in [1.82, 2.24) is 14.9 Å². The second-order valence-corrected chi connectivity index (χ2v) is 5.52. The van der Waals surface area contributed by atoms with Crippen LogP contribution in [-0.2, 0) is 20.2 Å². The van der Waals surface area contributed by atoms with Gasteiger partial charge in [-0.2, -0.15) is 0 Å². The highest BCUT2D eigenvalue weighted by atomic mass is 19.1. The third-order valence-corrected chi connectivity index (χ3v) is 3.17. The molecule has 0 saturated carbocycles. The maximum atomic E-state index is 13.4. The van der Waals surface area contributed by atoms with E-state index in [9.17, 15) is 4.39 Å². The molecule has 2 aromatic rings. The van der Waals surface area contributed by atoms with Crippen LogP contribution in [0.5, 0.6) is 5.75 Å². The Hall–Kier alpha value is -1.88. The van der Waals surface area contributed by atoms with Crippen molar-refractivity contribution >= 4 is 0 Å². The molecule has 4 nitrogen and oxygen atoms in total. The monoisotopic (exact) mass is 291 g/mol. The summed E-state index contributed by atoms with van der Waals surface area (Å²) in [7, 11) is 1.92. The first-order chi connectivity index (χ1) is 10.1. The number of benzene rings is 1. The molecule has 0 saturated heterocycles. The fourth-order valence-corrected chi connectivity index (χ4v) is 2.00. The Kier molecular flexibility index (Phi) is 5.33. The van der Waals surface area contributed by atoms with Crippen molar-refractivity contribution in [1.29, 1.82) is 0 Å². The van der Waals surface area contributed by atoms with Crippen molar-refractivity contribution in [2.45, 2.75) is 27.0 Å². The molecule has 0 atom stereocenters. The van der Waals surface area contributed by atoms with Crippen LogP contribution in [0.1, 0.15) is 25.2 Å². The van der Waals surface area contributed by atoms with Gasteiger partial charge in [0.15, 0.2) is 0 Å². The van der Waals surface area contributed by atoms with Gasteiger partial charge >= 0.3 is 0 Å². The summed E-state index contributed by atoms with van der Waals surface area (Å²) in [6.45, 7) is 6.11. The minimum atomic E-state index is -0.249. The number of rotatable bonds is 7. The van der Waals surface area contributed by atoms with Crippen LogP contribution in [0.4, 0.5) is 4.39 Å². The molecule has 1 aromatic heterocycles. The second-order valence-electron chi connectivity index (χ2n) is 5.52. The third-order valence-electron chi connectivity index (χ3n) is 3.17. The van der Waals surface area contributed by atoms with Gasteiger partial charge in [0.1, 0.15) is 24.0 Å². The van der Waals surface area contributed by atoms with Gasteiger partial charge in [0.05, 0.1) is 0 Å². The first-order valence-corrected chi connectivity index (χ1v) is 7.14. The van der Waals surface area contributed by atoms with Crippen LogP contribution < -0.4 is 10.1 Å². The zero-order valence-corrected chi connectivity index (χ0v) is 12.8. The summed E-state index contributed by atoms with van der Waals surface area (Å²) in [6.07, 6.45) is 3.60. The van der Waals surface area contributed by atoms with E-state index in [0.29, 0.717) is 24.8 Å². The molecule has 0 unspecified atom stereocenters. The Morgan fingerprint density at radius 3 is 2.86 bits per heavy atom. The molecule has 1 N–H and O–H groups in total. The normalized spacial score (nSPS) is 11.1. The van der Waals surface area contributed by atoms with Gasteiger partial charge in [-0.15, -0.1) is 0 Å². The van der Waals surface area contributed by atoms with Gasteiger partial charge in [0.25, 0.3) is 0 Å². The predicted molar refractivity (Wildman–Crippen MR) is 80.5 cm³/mol. The van der Waals surface area contributed by atoms with E-state index in [2.05, 4.69) is 24.1 Å². The standard InChI is InChI=1S/C16H22FN3O/c1-12(2)9-18-10-13-8-14(17)4-5-15(13)21-11-16-19-6-7-20(16)3/h4-8,12,18H,9-11H2,1-3H3. The molecule has 0 bridgehead atoms. The fourth-order valence-electron chi connectivity index (χ4n) is 2.00. The van der Waals surface area contributed by atoms with Crippen molar-refractivity contribution in [3.63, 3.8) is 0 Å². The lowest BCUT2D eigenvalue weighted by molar-refractivity contribution is 0.287. The fraction of sp³-hybridized carbons (Fsp3) is 0.438. The van der Waals surface area contributed by atoms with Gasteiger partial charge in [-0.3, -0.25) is 0 Å². The molecule has 0 aliphatic rings. The van der Waals surface area contributed by atoms with Gasteiger partial charge in [0.2, 0.25) is 0 Å². The molecule has 21 heavy (non-hydrogen) atoms. The number of aryl methyl sites for hydroxylation is 1. The summed E-state index contributed by atoms with van der Waals surface area (Å²) < 4.78 is 21.1. The molecule has 5 heteroatoms. The van der Waals surface area contributed by atoms with Gasteiger partial charge < -0.3 is 14.6 Å². The van der Waals surface area contributed by atoms with Crippen molar-refractivity contribution in [2.24, 2.45) is 13.0 Å². The van der Waals surface area contributed by atoms with Crippen molar-refractivity contribution < 1.29 is 9.13 Å². The molecule has 0 fully saturated rings. The molecular weight excluding hydrogens is 269 g/mol. The first-order valence-electron chi connectivity index (χ1n) is 7.14. The Morgan fingerprint density at radius 1 is 1.38 bits per heavy atom. The lowest BCUT2D eigenvalue weighted by atomic mass is 10.1. The van der Waals surface area contributed by atoms with Crippen LogP contribution in [0.15, 0.2) is 30.6 Å². The molecule has 0 spiro atoms. The zero-order chi connectivity index (χ0) is 15.2. The van der Waals surface area contributed by atoms with Crippen LogP contribution in [0.2, 0.25) is 0 Å². The Balaban J connectivity index is 2.02. The lowest BCUT2D eigenvalue weighted by Gasteiger charge is -2.13. The topological polar surface area (TPSA) is 39.1 Å². The minimum Gasteiger partial charge on any atom is -0.485 e. The molecule has 0 aliphatic carbocycles. The average molecular weight is 291 g/mol. The van der Waals surface area contributed by atoms with Crippen molar-refractivity contribution in [3.05, 3.63) is 47.8 Å². The van der Waals surface area contributed by atoms with Crippen LogP contribution in [0.3, 0.4) is 0 Å². The van der Waals surface area contributed by atoms with Crippen molar-refractivity contribution in [3.8, 4) is 5.75 Å². The van der Waals surface area contributed by atoms with Crippen LogP contribution >= 0.6 is 0 Å². The van der Waals surface area contributed by atoms with E-state index in [-0.39, 0.29) is 5.82 Å². The molecule has 0 radical (unpaired) electrons. The summed E-state index contributed by atoms with van der Waals surface area (Å²) in [5.41, 5.74) is 0.824. The number of nitrogens with zero attached hydrogens (tertiary/aromatic N) is 2. The minimum absolute atomic E-state index is 0.249. The molecule has 114 valence electrons. The number of ether oxygens (including phenoxy) is 1. The molecule has 0 amide bonds. The van der Waals surface area contributed by atoms with Gasteiger partial charge in [-0.05, 0) is 30.7 Å². The molecular formula is C16H22FN3O. The van der Waals surface area contributed by atoms with Crippen molar-refractivity contribution in [2.75, 3.05) is 6.54 Å². The molecule has 1 heterocycles. The highest BCUT2D eigenvalue weighted by Crippen LogP contribution is 2.20. The predicted octanol–water partition coefficient (Wildman–Crippen LogP) is 2.88. The van der Waals surface area contributed by atoms with E-state index >= 15 is 0 Å². The van der Waals surface area contributed by atoms with E-state index in [1.54, 1.807) is 12.3 Å². The SMILES string of the molecule is CC(C)CNCc1cc(F)ccc1OCc1nccn1C. The van der Waals surface area contributed by atoms with Gasteiger partial charge in [-0.25, -0.2) is 9.37 Å². The molecule has 2 rings (SSSR count). The summed E-state index contributed by atoms with van der Waals surface area (Å²) in [5.74, 6) is 1.83. The van der Waals surface area contributed by atoms with Crippen LogP contribution in [0, 0.1) is 11.7 Å². The van der Waals surface area contributed by atoms with E-state index in [1.165, 1.54) is 12.1 Å². The van der Waals surface area contributed by atoms with Crippen LogP contribution in [-0.4, -0.2) is 16.1 Å². The van der Waals surface area contributed by atoms with Crippen LogP contribution in [0.25, 0.3) is 0 Å². The molecule has 0 aliphatic heterocycles. The Morgan fingerprint density at radius 2 is 2.19 bits per heavy atom. The number of imidazole rings is 1. The Labute approximate surface area is 125 Å². The second kappa shape index (κ2) is 7.22. The lowest BCUT2D eigenvalue weighted by Crippen LogP contribution is -2.19. The van der Waals surface area contributed by atoms with Gasteiger partial charge in [-0.1, -0.05) is 13.8 Å². The quantitative estimate of drug-likeness (QED) is 0.852. The first kappa shape index (κ1) is 15.5. The summed E-state index contributed by atoms with van der Waals surface area (Å²) in [6, 6.07) is 4.60. The maximum Gasteiger partial charge on any atom is 0.146 e.